The van der Waals surface area contributed by atoms with Crippen molar-refractivity contribution in [2.75, 3.05) is 0 Å². The van der Waals surface area contributed by atoms with E-state index in [1.54, 1.807) is 0 Å². The van der Waals surface area contributed by atoms with Crippen molar-refractivity contribution >= 4 is 0 Å². The van der Waals surface area contributed by atoms with E-state index in [-0.39, 0.29) is 5.92 Å². The predicted octanol–water partition coefficient (Wildman–Crippen LogP) is 2.21. The van der Waals surface area contributed by atoms with Crippen LogP contribution in [0.15, 0.2) is 0 Å². The summed E-state index contributed by atoms with van der Waals surface area (Å²) in [5, 5.41) is 12.6. The third kappa shape index (κ3) is 2.03. The largest absolute Gasteiger partial charge is 0.310 e. The topological polar surface area (TPSA) is 35.8 Å². The molecule has 2 rings (SSSR count). The van der Waals surface area contributed by atoms with Gasteiger partial charge in [-0.2, -0.15) is 5.26 Å². The van der Waals surface area contributed by atoms with Crippen molar-refractivity contribution in [1.29, 1.82) is 5.26 Å². The molecule has 2 nitrogen and oxygen atoms in total. The van der Waals surface area contributed by atoms with Crippen LogP contribution in [0, 0.1) is 17.2 Å². The summed E-state index contributed by atoms with van der Waals surface area (Å²) in [7, 11) is 0. The maximum absolute atomic E-state index is 8.98. The van der Waals surface area contributed by atoms with Crippen LogP contribution in [0.3, 0.4) is 0 Å². The van der Waals surface area contributed by atoms with Gasteiger partial charge in [0.25, 0.3) is 0 Å². The van der Waals surface area contributed by atoms with E-state index in [0.717, 1.165) is 12.5 Å². The molecular weight excluding hydrogens is 160 g/mol. The summed E-state index contributed by atoms with van der Waals surface area (Å²) in [6.45, 7) is 0. The van der Waals surface area contributed by atoms with Gasteiger partial charge in [-0.15, -0.1) is 0 Å². The summed E-state index contributed by atoms with van der Waals surface area (Å²) in [6.07, 6.45) is 8.92. The van der Waals surface area contributed by atoms with Gasteiger partial charge in [0.15, 0.2) is 0 Å². The minimum Gasteiger partial charge on any atom is -0.310 e. The van der Waals surface area contributed by atoms with E-state index < -0.39 is 0 Å². The minimum atomic E-state index is 0.286. The average Bonchev–Trinajstić information content (AvgIpc) is 2.12. The Bertz CT molecular complexity index is 203. The first kappa shape index (κ1) is 9.02. The van der Waals surface area contributed by atoms with Crippen LogP contribution >= 0.6 is 0 Å². The highest BCUT2D eigenvalue weighted by Gasteiger charge is 2.28. The van der Waals surface area contributed by atoms with Crippen LogP contribution < -0.4 is 5.32 Å². The molecule has 2 fully saturated rings. The Kier molecular flexibility index (Phi) is 2.85. The predicted molar refractivity (Wildman–Crippen MR) is 52.1 cm³/mol. The third-order valence-corrected chi connectivity index (χ3v) is 3.49. The highest BCUT2D eigenvalue weighted by Crippen LogP contribution is 2.27. The highest BCUT2D eigenvalue weighted by atomic mass is 15.0. The zero-order valence-corrected chi connectivity index (χ0v) is 8.13. The Morgan fingerprint density at radius 1 is 1.00 bits per heavy atom. The zero-order chi connectivity index (χ0) is 9.10. The molecule has 2 saturated carbocycles. The van der Waals surface area contributed by atoms with Crippen LogP contribution in [-0.4, -0.2) is 12.1 Å². The molecule has 0 spiro atoms. The van der Waals surface area contributed by atoms with Gasteiger partial charge in [0, 0.05) is 12.1 Å². The normalized spacial score (nSPS) is 35.0. The molecule has 0 bridgehead atoms. The summed E-state index contributed by atoms with van der Waals surface area (Å²) < 4.78 is 0. The van der Waals surface area contributed by atoms with Crippen molar-refractivity contribution in [3.05, 3.63) is 0 Å². The second kappa shape index (κ2) is 4.11. The van der Waals surface area contributed by atoms with Gasteiger partial charge < -0.3 is 5.32 Å². The van der Waals surface area contributed by atoms with Gasteiger partial charge in [-0.25, -0.2) is 0 Å². The molecule has 2 heteroatoms. The molecule has 0 radical (unpaired) electrons. The van der Waals surface area contributed by atoms with Crippen LogP contribution in [0.5, 0.6) is 0 Å². The van der Waals surface area contributed by atoms with E-state index >= 15 is 0 Å². The van der Waals surface area contributed by atoms with Crippen molar-refractivity contribution in [2.45, 2.75) is 57.0 Å². The summed E-state index contributed by atoms with van der Waals surface area (Å²) in [5.74, 6) is 0.286. The Morgan fingerprint density at radius 3 is 2.38 bits per heavy atom. The molecule has 0 aromatic rings. The van der Waals surface area contributed by atoms with Gasteiger partial charge in [-0.3, -0.25) is 0 Å². The van der Waals surface area contributed by atoms with Gasteiger partial charge in [0.1, 0.15) is 0 Å². The first-order valence-electron chi connectivity index (χ1n) is 5.56. The molecule has 13 heavy (non-hydrogen) atoms. The average molecular weight is 178 g/mol. The molecule has 0 aromatic carbocycles. The summed E-state index contributed by atoms with van der Waals surface area (Å²) in [4.78, 5) is 0. The van der Waals surface area contributed by atoms with Crippen molar-refractivity contribution in [1.82, 2.24) is 5.32 Å². The quantitative estimate of drug-likeness (QED) is 0.703. The molecule has 1 N–H and O–H groups in total. The van der Waals surface area contributed by atoms with Crippen LogP contribution in [0.1, 0.15) is 44.9 Å². The molecule has 0 saturated heterocycles. The molecule has 0 aliphatic heterocycles. The summed E-state index contributed by atoms with van der Waals surface area (Å²) >= 11 is 0. The van der Waals surface area contributed by atoms with Crippen LogP contribution in [0.25, 0.3) is 0 Å². The maximum Gasteiger partial charge on any atom is 0.0672 e. The second-order valence-electron chi connectivity index (χ2n) is 4.42. The van der Waals surface area contributed by atoms with Crippen molar-refractivity contribution in [3.63, 3.8) is 0 Å². The number of nitrogens with one attached hydrogen (secondary N) is 1. The molecule has 2 unspecified atom stereocenters. The van der Waals surface area contributed by atoms with E-state index in [1.165, 1.54) is 38.5 Å². The minimum absolute atomic E-state index is 0.286. The smallest absolute Gasteiger partial charge is 0.0672 e. The van der Waals surface area contributed by atoms with E-state index in [2.05, 4.69) is 11.4 Å². The van der Waals surface area contributed by atoms with Crippen LogP contribution in [0.2, 0.25) is 0 Å². The lowest BCUT2D eigenvalue weighted by Gasteiger charge is -2.35. The van der Waals surface area contributed by atoms with E-state index in [9.17, 15) is 0 Å². The Morgan fingerprint density at radius 2 is 1.77 bits per heavy atom. The van der Waals surface area contributed by atoms with Gasteiger partial charge >= 0.3 is 0 Å². The molecule has 2 atom stereocenters. The first-order valence-corrected chi connectivity index (χ1v) is 5.56. The standard InChI is InChI=1S/C11H18N2/c12-8-9-4-1-2-7-11(9)13-10-5-3-6-10/h9-11,13H,1-7H2. The SMILES string of the molecule is N#CC1CCCCC1NC1CCC1. The Hall–Kier alpha value is -0.550. The van der Waals surface area contributed by atoms with Crippen molar-refractivity contribution < 1.29 is 0 Å². The Balaban J connectivity index is 1.83. The first-order chi connectivity index (χ1) is 6.40. The third-order valence-electron chi connectivity index (χ3n) is 3.49. The number of hydrogen-bond acceptors (Lipinski definition) is 2. The van der Waals surface area contributed by atoms with E-state index in [0.29, 0.717) is 6.04 Å². The lowest BCUT2D eigenvalue weighted by molar-refractivity contribution is 0.236. The summed E-state index contributed by atoms with van der Waals surface area (Å²) in [5.41, 5.74) is 0. The number of nitrogens with zero attached hydrogens (tertiary/aromatic N) is 1. The second-order valence-corrected chi connectivity index (χ2v) is 4.42. The maximum atomic E-state index is 8.98. The van der Waals surface area contributed by atoms with Gasteiger partial charge in [-0.1, -0.05) is 19.3 Å². The van der Waals surface area contributed by atoms with Crippen LogP contribution in [-0.2, 0) is 0 Å². The number of nitriles is 1. The lowest BCUT2D eigenvalue weighted by Crippen LogP contribution is -2.46. The summed E-state index contributed by atoms with van der Waals surface area (Å²) in [6, 6.07) is 3.68. The highest BCUT2D eigenvalue weighted by molar-refractivity contribution is 4.96. The molecule has 72 valence electrons. The van der Waals surface area contributed by atoms with Crippen molar-refractivity contribution in [2.24, 2.45) is 5.92 Å². The molecule has 0 aromatic heterocycles. The fourth-order valence-electron chi connectivity index (χ4n) is 2.36. The molecule has 2 aliphatic rings. The monoisotopic (exact) mass is 178 g/mol. The number of hydrogen-bond donors (Lipinski definition) is 1. The fraction of sp³-hybridized carbons (Fsp3) is 0.909. The Labute approximate surface area is 80.3 Å². The van der Waals surface area contributed by atoms with Crippen molar-refractivity contribution in [3.8, 4) is 6.07 Å². The van der Waals surface area contributed by atoms with Gasteiger partial charge in [0.2, 0.25) is 0 Å². The molecular formula is C11H18N2. The fourth-order valence-corrected chi connectivity index (χ4v) is 2.36. The zero-order valence-electron chi connectivity index (χ0n) is 8.13. The molecule has 0 heterocycles. The lowest BCUT2D eigenvalue weighted by atomic mass is 9.83. The van der Waals surface area contributed by atoms with E-state index in [1.807, 2.05) is 0 Å². The molecule has 0 amide bonds. The van der Waals surface area contributed by atoms with Gasteiger partial charge in [-0.05, 0) is 25.7 Å². The molecule has 2 aliphatic carbocycles. The van der Waals surface area contributed by atoms with E-state index in [4.69, 9.17) is 5.26 Å². The van der Waals surface area contributed by atoms with Gasteiger partial charge in [0.05, 0.1) is 12.0 Å². The number of rotatable bonds is 2. The van der Waals surface area contributed by atoms with Crippen LogP contribution in [0.4, 0.5) is 0 Å².